The fraction of sp³-hybridized carbons (Fsp3) is 0.812. The number of nitrogens with one attached hydrogen (secondary N) is 1. The average Bonchev–Trinajstić information content (AvgIpc) is 2.75. The van der Waals surface area contributed by atoms with Gasteiger partial charge in [-0.1, -0.05) is 13.8 Å². The predicted octanol–water partition coefficient (Wildman–Crippen LogP) is 4.05. The van der Waals surface area contributed by atoms with E-state index in [4.69, 9.17) is 9.72 Å². The Labute approximate surface area is 127 Å². The van der Waals surface area contributed by atoms with Gasteiger partial charge in [0.1, 0.15) is 5.01 Å². The Balaban J connectivity index is 2.34. The molecule has 1 fully saturated rings. The maximum atomic E-state index is 5.94. The van der Waals surface area contributed by atoms with Crippen molar-refractivity contribution in [3.63, 3.8) is 0 Å². The molecule has 2 unspecified atom stereocenters. The monoisotopic (exact) mass is 296 g/mol. The molecule has 0 aromatic carbocycles. The van der Waals surface area contributed by atoms with E-state index in [1.54, 1.807) is 11.3 Å². The smallest absolute Gasteiger partial charge is 0.113 e. The summed E-state index contributed by atoms with van der Waals surface area (Å²) in [5.41, 5.74) is 1.19. The molecule has 1 saturated heterocycles. The number of aromatic nitrogens is 1. The lowest BCUT2D eigenvalue weighted by Gasteiger charge is -2.43. The molecule has 2 heterocycles. The largest absolute Gasteiger partial charge is 0.375 e. The number of hydrogen-bond donors (Lipinski definition) is 1. The van der Waals surface area contributed by atoms with Crippen molar-refractivity contribution in [3.8, 4) is 0 Å². The van der Waals surface area contributed by atoms with Gasteiger partial charge in [0.25, 0.3) is 0 Å². The summed E-state index contributed by atoms with van der Waals surface area (Å²) < 4.78 is 5.94. The Morgan fingerprint density at radius 1 is 1.25 bits per heavy atom. The molecule has 114 valence electrons. The number of thiazole rings is 1. The summed E-state index contributed by atoms with van der Waals surface area (Å²) in [4.78, 5) is 4.93. The first kappa shape index (κ1) is 15.9. The minimum atomic E-state index is -0.0247. The third-order valence-electron chi connectivity index (χ3n) is 3.82. The third-order valence-corrected chi connectivity index (χ3v) is 4.89. The molecule has 0 bridgehead atoms. The zero-order chi connectivity index (χ0) is 14.9. The Morgan fingerprint density at radius 3 is 2.30 bits per heavy atom. The molecule has 1 aromatic heterocycles. The normalized spacial score (nSPS) is 31.2. The maximum absolute atomic E-state index is 5.94. The van der Waals surface area contributed by atoms with Gasteiger partial charge in [-0.3, -0.25) is 0 Å². The minimum Gasteiger partial charge on any atom is -0.375 e. The van der Waals surface area contributed by atoms with Gasteiger partial charge in [0, 0.05) is 11.4 Å². The van der Waals surface area contributed by atoms with E-state index in [9.17, 15) is 0 Å². The third kappa shape index (κ3) is 3.41. The van der Waals surface area contributed by atoms with Crippen molar-refractivity contribution in [3.05, 3.63) is 16.1 Å². The van der Waals surface area contributed by atoms with E-state index in [0.29, 0.717) is 12.0 Å². The molecule has 0 aliphatic carbocycles. The van der Waals surface area contributed by atoms with Crippen LogP contribution >= 0.6 is 11.3 Å². The van der Waals surface area contributed by atoms with Crippen molar-refractivity contribution in [2.24, 2.45) is 0 Å². The van der Waals surface area contributed by atoms with E-state index in [-0.39, 0.29) is 17.7 Å². The topological polar surface area (TPSA) is 34.2 Å². The Hall–Kier alpha value is -0.450. The van der Waals surface area contributed by atoms with Crippen LogP contribution in [0.25, 0.3) is 0 Å². The van der Waals surface area contributed by atoms with E-state index in [0.717, 1.165) is 12.8 Å². The van der Waals surface area contributed by atoms with Gasteiger partial charge >= 0.3 is 0 Å². The van der Waals surface area contributed by atoms with Crippen LogP contribution in [0, 0.1) is 0 Å². The second-order valence-corrected chi connectivity index (χ2v) is 7.64. The van der Waals surface area contributed by atoms with Gasteiger partial charge < -0.3 is 10.1 Å². The zero-order valence-corrected chi connectivity index (χ0v) is 14.4. The Bertz CT molecular complexity index is 426. The maximum Gasteiger partial charge on any atom is 0.113 e. The van der Waals surface area contributed by atoms with Gasteiger partial charge in [0.2, 0.25) is 0 Å². The summed E-state index contributed by atoms with van der Waals surface area (Å²) in [5, 5.41) is 7.24. The first-order chi connectivity index (χ1) is 9.32. The Kier molecular flexibility index (Phi) is 4.88. The lowest BCUT2D eigenvalue weighted by Crippen LogP contribution is -2.53. The van der Waals surface area contributed by atoms with Gasteiger partial charge in [-0.15, -0.1) is 11.3 Å². The summed E-state index contributed by atoms with van der Waals surface area (Å²) in [6.45, 7) is 13.2. The van der Waals surface area contributed by atoms with Crippen molar-refractivity contribution in [1.82, 2.24) is 10.3 Å². The van der Waals surface area contributed by atoms with Crippen molar-refractivity contribution < 1.29 is 4.74 Å². The molecule has 1 aliphatic heterocycles. The van der Waals surface area contributed by atoms with E-state index < -0.39 is 0 Å². The van der Waals surface area contributed by atoms with Crippen LogP contribution in [0.3, 0.4) is 0 Å². The SMILES string of the molecule is CC(C)NC1(c2nc(C(C)C)cs2)CC(C)OC(C)C1. The minimum absolute atomic E-state index is 0.0247. The molecule has 0 saturated carbocycles. The molecule has 3 nitrogen and oxygen atoms in total. The molecule has 1 N–H and O–H groups in total. The first-order valence-electron chi connectivity index (χ1n) is 7.71. The molecular weight excluding hydrogens is 268 g/mol. The van der Waals surface area contributed by atoms with Crippen molar-refractivity contribution in [2.75, 3.05) is 0 Å². The fourth-order valence-corrected chi connectivity index (χ4v) is 4.40. The summed E-state index contributed by atoms with van der Waals surface area (Å²) in [6, 6.07) is 0.443. The highest BCUT2D eigenvalue weighted by Gasteiger charge is 2.42. The molecule has 2 rings (SSSR count). The van der Waals surface area contributed by atoms with Crippen molar-refractivity contribution in [2.45, 2.75) is 84.1 Å². The van der Waals surface area contributed by atoms with Gasteiger partial charge in [-0.2, -0.15) is 0 Å². The highest BCUT2D eigenvalue weighted by atomic mass is 32.1. The van der Waals surface area contributed by atoms with Crippen molar-refractivity contribution >= 4 is 11.3 Å². The predicted molar refractivity (Wildman–Crippen MR) is 85.4 cm³/mol. The van der Waals surface area contributed by atoms with Crippen LogP contribution < -0.4 is 5.32 Å². The van der Waals surface area contributed by atoms with Crippen LogP contribution in [-0.4, -0.2) is 23.2 Å². The number of ether oxygens (including phenoxy) is 1. The molecule has 0 amide bonds. The molecule has 1 aliphatic rings. The van der Waals surface area contributed by atoms with Crippen LogP contribution in [0.2, 0.25) is 0 Å². The van der Waals surface area contributed by atoms with Crippen LogP contribution in [-0.2, 0) is 10.3 Å². The van der Waals surface area contributed by atoms with Crippen LogP contribution in [0.1, 0.15) is 71.0 Å². The van der Waals surface area contributed by atoms with Crippen LogP contribution in [0.15, 0.2) is 5.38 Å². The van der Waals surface area contributed by atoms with Gasteiger partial charge in [0.15, 0.2) is 0 Å². The number of hydrogen-bond acceptors (Lipinski definition) is 4. The second-order valence-electron chi connectivity index (χ2n) is 6.78. The first-order valence-corrected chi connectivity index (χ1v) is 8.59. The quantitative estimate of drug-likeness (QED) is 0.910. The lowest BCUT2D eigenvalue weighted by molar-refractivity contribution is -0.0730. The Morgan fingerprint density at radius 2 is 1.85 bits per heavy atom. The molecule has 20 heavy (non-hydrogen) atoms. The summed E-state index contributed by atoms with van der Waals surface area (Å²) >= 11 is 1.80. The van der Waals surface area contributed by atoms with E-state index in [1.807, 2.05) is 0 Å². The summed E-state index contributed by atoms with van der Waals surface area (Å²) in [7, 11) is 0. The summed E-state index contributed by atoms with van der Waals surface area (Å²) in [5.74, 6) is 0.491. The van der Waals surface area contributed by atoms with E-state index in [2.05, 4.69) is 52.2 Å². The average molecular weight is 296 g/mol. The second kappa shape index (κ2) is 6.12. The number of rotatable bonds is 4. The lowest BCUT2D eigenvalue weighted by atomic mass is 9.84. The van der Waals surface area contributed by atoms with E-state index >= 15 is 0 Å². The van der Waals surface area contributed by atoms with Gasteiger partial charge in [-0.05, 0) is 46.5 Å². The van der Waals surface area contributed by atoms with Gasteiger partial charge in [-0.25, -0.2) is 4.98 Å². The molecule has 0 spiro atoms. The molecule has 2 atom stereocenters. The van der Waals surface area contributed by atoms with Gasteiger partial charge in [0.05, 0.1) is 23.4 Å². The van der Waals surface area contributed by atoms with Crippen molar-refractivity contribution in [1.29, 1.82) is 0 Å². The number of nitrogens with zero attached hydrogens (tertiary/aromatic N) is 1. The molecule has 4 heteroatoms. The highest BCUT2D eigenvalue weighted by molar-refractivity contribution is 7.09. The highest BCUT2D eigenvalue weighted by Crippen LogP contribution is 2.40. The van der Waals surface area contributed by atoms with Crippen LogP contribution in [0.5, 0.6) is 0 Å². The molecular formula is C16H28N2OS. The molecule has 1 aromatic rings. The van der Waals surface area contributed by atoms with E-state index in [1.165, 1.54) is 10.7 Å². The molecule has 0 radical (unpaired) electrons. The standard InChI is InChI=1S/C16H28N2OS/c1-10(2)14-9-20-15(17-14)16(18-11(3)4)7-12(5)19-13(6)8-16/h9-13,18H,7-8H2,1-6H3. The summed E-state index contributed by atoms with van der Waals surface area (Å²) in [6.07, 6.45) is 2.55. The zero-order valence-electron chi connectivity index (χ0n) is 13.6. The van der Waals surface area contributed by atoms with Crippen LogP contribution in [0.4, 0.5) is 0 Å². The fourth-order valence-electron chi connectivity index (χ4n) is 3.24.